The van der Waals surface area contributed by atoms with Crippen LogP contribution in [0.1, 0.15) is 18.9 Å². The standard InChI is InChI=1S/C16H16O3/c1-12(17)6-5-9-14-11-19-16(18)15(14)10-13-7-3-2-4-8-13/h2-8,10,14H,9,11H2,1H3/b6-5+,15-10-/t14-/m0/s1. The topological polar surface area (TPSA) is 43.4 Å². The molecule has 1 saturated heterocycles. The summed E-state index contributed by atoms with van der Waals surface area (Å²) in [5, 5.41) is 0. The van der Waals surface area contributed by atoms with Crippen LogP contribution in [-0.2, 0) is 14.3 Å². The van der Waals surface area contributed by atoms with Crippen molar-refractivity contribution >= 4 is 17.8 Å². The van der Waals surface area contributed by atoms with Crippen LogP contribution in [0.15, 0.2) is 48.1 Å². The summed E-state index contributed by atoms with van der Waals surface area (Å²) in [5.41, 5.74) is 1.66. The molecule has 1 aliphatic rings. The maximum Gasteiger partial charge on any atom is 0.334 e. The molecule has 0 spiro atoms. The van der Waals surface area contributed by atoms with Gasteiger partial charge < -0.3 is 4.74 Å². The molecule has 1 aromatic carbocycles. The van der Waals surface area contributed by atoms with Crippen molar-refractivity contribution in [1.82, 2.24) is 0 Å². The minimum Gasteiger partial charge on any atom is -0.462 e. The van der Waals surface area contributed by atoms with Gasteiger partial charge >= 0.3 is 5.97 Å². The molecule has 1 aliphatic heterocycles. The summed E-state index contributed by atoms with van der Waals surface area (Å²) in [6, 6.07) is 9.68. The molecule has 1 heterocycles. The molecule has 0 aliphatic carbocycles. The van der Waals surface area contributed by atoms with Crippen LogP contribution >= 0.6 is 0 Å². The predicted molar refractivity (Wildman–Crippen MR) is 73.3 cm³/mol. The predicted octanol–water partition coefficient (Wildman–Crippen LogP) is 2.78. The van der Waals surface area contributed by atoms with Crippen LogP contribution in [0.25, 0.3) is 6.08 Å². The van der Waals surface area contributed by atoms with Gasteiger partial charge in [0.25, 0.3) is 0 Å². The number of carbonyl (C=O) groups excluding carboxylic acids is 2. The summed E-state index contributed by atoms with van der Waals surface area (Å²) >= 11 is 0. The van der Waals surface area contributed by atoms with Crippen LogP contribution in [0.2, 0.25) is 0 Å². The average molecular weight is 256 g/mol. The molecule has 0 unspecified atom stereocenters. The van der Waals surface area contributed by atoms with Gasteiger partial charge in [-0.3, -0.25) is 4.79 Å². The van der Waals surface area contributed by atoms with E-state index in [0.717, 1.165) is 5.56 Å². The lowest BCUT2D eigenvalue weighted by Gasteiger charge is -2.04. The number of hydrogen-bond acceptors (Lipinski definition) is 3. The van der Waals surface area contributed by atoms with Crippen molar-refractivity contribution in [2.45, 2.75) is 13.3 Å². The van der Waals surface area contributed by atoms with Crippen molar-refractivity contribution in [2.24, 2.45) is 5.92 Å². The Labute approximate surface area is 112 Å². The molecule has 2 rings (SSSR count). The maximum atomic E-state index is 11.7. The second kappa shape index (κ2) is 6.14. The van der Waals surface area contributed by atoms with Crippen LogP contribution in [-0.4, -0.2) is 18.4 Å². The van der Waals surface area contributed by atoms with Gasteiger partial charge in [-0.05, 0) is 31.1 Å². The Balaban J connectivity index is 2.14. The highest BCUT2D eigenvalue weighted by Crippen LogP contribution is 2.26. The van der Waals surface area contributed by atoms with E-state index in [-0.39, 0.29) is 17.7 Å². The van der Waals surface area contributed by atoms with E-state index in [1.54, 1.807) is 6.08 Å². The Kier molecular flexibility index (Phi) is 4.29. The van der Waals surface area contributed by atoms with E-state index in [9.17, 15) is 9.59 Å². The first-order chi connectivity index (χ1) is 9.16. The molecule has 3 nitrogen and oxygen atoms in total. The van der Waals surface area contributed by atoms with E-state index in [2.05, 4.69) is 0 Å². The lowest BCUT2D eigenvalue weighted by Crippen LogP contribution is -2.02. The third kappa shape index (κ3) is 3.65. The van der Waals surface area contributed by atoms with E-state index in [4.69, 9.17) is 4.74 Å². The Morgan fingerprint density at radius 3 is 2.79 bits per heavy atom. The zero-order valence-corrected chi connectivity index (χ0v) is 10.8. The minimum absolute atomic E-state index is 0.0128. The van der Waals surface area contributed by atoms with Crippen molar-refractivity contribution in [3.63, 3.8) is 0 Å². The number of ketones is 1. The molecule has 1 fully saturated rings. The van der Waals surface area contributed by atoms with E-state index < -0.39 is 0 Å². The Bertz CT molecular complexity index is 526. The van der Waals surface area contributed by atoms with Gasteiger partial charge in [0, 0.05) is 11.5 Å². The number of allylic oxidation sites excluding steroid dienone is 2. The molecule has 1 atom stereocenters. The first-order valence-corrected chi connectivity index (χ1v) is 6.27. The van der Waals surface area contributed by atoms with Gasteiger partial charge in [-0.1, -0.05) is 36.4 Å². The smallest absolute Gasteiger partial charge is 0.334 e. The number of ether oxygens (including phenoxy) is 1. The molecule has 0 saturated carbocycles. The first kappa shape index (κ1) is 13.3. The van der Waals surface area contributed by atoms with E-state index in [1.165, 1.54) is 13.0 Å². The molecule has 0 radical (unpaired) electrons. The lowest BCUT2D eigenvalue weighted by atomic mass is 9.96. The molecule has 1 aromatic rings. The fourth-order valence-electron chi connectivity index (χ4n) is 2.01. The van der Waals surface area contributed by atoms with Crippen molar-refractivity contribution < 1.29 is 14.3 Å². The zero-order valence-electron chi connectivity index (χ0n) is 10.8. The summed E-state index contributed by atoms with van der Waals surface area (Å²) in [7, 11) is 0. The fraction of sp³-hybridized carbons (Fsp3) is 0.250. The summed E-state index contributed by atoms with van der Waals surface area (Å²) in [4.78, 5) is 22.6. The fourth-order valence-corrected chi connectivity index (χ4v) is 2.01. The normalized spacial score (nSPS) is 21.0. The van der Waals surface area contributed by atoms with Gasteiger partial charge in [-0.2, -0.15) is 0 Å². The molecule has 0 bridgehead atoms. The molecule has 98 valence electrons. The van der Waals surface area contributed by atoms with Gasteiger partial charge in [0.1, 0.15) is 0 Å². The quantitative estimate of drug-likeness (QED) is 0.614. The van der Waals surface area contributed by atoms with Crippen molar-refractivity contribution in [1.29, 1.82) is 0 Å². The highest BCUT2D eigenvalue weighted by Gasteiger charge is 2.29. The Morgan fingerprint density at radius 1 is 1.37 bits per heavy atom. The Hall–Kier alpha value is -2.16. The van der Waals surface area contributed by atoms with Crippen LogP contribution in [0.4, 0.5) is 0 Å². The van der Waals surface area contributed by atoms with Gasteiger partial charge in [0.15, 0.2) is 5.78 Å². The molecular weight excluding hydrogens is 240 g/mol. The zero-order chi connectivity index (χ0) is 13.7. The van der Waals surface area contributed by atoms with Crippen LogP contribution in [0.5, 0.6) is 0 Å². The number of benzene rings is 1. The first-order valence-electron chi connectivity index (χ1n) is 6.27. The van der Waals surface area contributed by atoms with E-state index in [0.29, 0.717) is 18.6 Å². The maximum absolute atomic E-state index is 11.7. The summed E-state index contributed by atoms with van der Waals surface area (Å²) in [5.74, 6) is -0.216. The van der Waals surface area contributed by atoms with Gasteiger partial charge in [-0.15, -0.1) is 0 Å². The average Bonchev–Trinajstić information content (AvgIpc) is 2.72. The second-order valence-corrected chi connectivity index (χ2v) is 4.55. The van der Waals surface area contributed by atoms with Crippen LogP contribution < -0.4 is 0 Å². The van der Waals surface area contributed by atoms with Gasteiger partial charge in [0.05, 0.1) is 6.61 Å². The highest BCUT2D eigenvalue weighted by atomic mass is 16.5. The number of carbonyl (C=O) groups is 2. The number of esters is 1. The number of hydrogen-bond donors (Lipinski definition) is 0. The Morgan fingerprint density at radius 2 is 2.11 bits per heavy atom. The summed E-state index contributed by atoms with van der Waals surface area (Å²) < 4.78 is 5.08. The summed E-state index contributed by atoms with van der Waals surface area (Å²) in [6.07, 6.45) is 5.84. The molecular formula is C16H16O3. The van der Waals surface area contributed by atoms with E-state index in [1.807, 2.05) is 36.4 Å². The third-order valence-electron chi connectivity index (χ3n) is 2.99. The second-order valence-electron chi connectivity index (χ2n) is 4.55. The van der Waals surface area contributed by atoms with Crippen molar-refractivity contribution in [3.8, 4) is 0 Å². The monoisotopic (exact) mass is 256 g/mol. The number of rotatable bonds is 4. The molecule has 0 aromatic heterocycles. The summed E-state index contributed by atoms with van der Waals surface area (Å²) in [6.45, 7) is 1.90. The largest absolute Gasteiger partial charge is 0.462 e. The van der Waals surface area contributed by atoms with E-state index >= 15 is 0 Å². The highest BCUT2D eigenvalue weighted by molar-refractivity contribution is 5.96. The van der Waals surface area contributed by atoms with Gasteiger partial charge in [-0.25, -0.2) is 4.79 Å². The number of cyclic esters (lactones) is 1. The van der Waals surface area contributed by atoms with Crippen LogP contribution in [0.3, 0.4) is 0 Å². The lowest BCUT2D eigenvalue weighted by molar-refractivity contribution is -0.135. The molecule has 3 heteroatoms. The van der Waals surface area contributed by atoms with Crippen LogP contribution in [0, 0.1) is 5.92 Å². The van der Waals surface area contributed by atoms with Crippen molar-refractivity contribution in [2.75, 3.05) is 6.61 Å². The molecule has 0 N–H and O–H groups in total. The van der Waals surface area contributed by atoms with Crippen molar-refractivity contribution in [3.05, 3.63) is 53.6 Å². The minimum atomic E-state index is -0.259. The third-order valence-corrected chi connectivity index (χ3v) is 2.99. The molecule has 0 amide bonds. The van der Waals surface area contributed by atoms with Gasteiger partial charge in [0.2, 0.25) is 0 Å². The SMILES string of the molecule is CC(=O)/C=C/C[C@H]1COC(=O)/C1=C\c1ccccc1. The molecule has 19 heavy (non-hydrogen) atoms.